The molecule has 100 valence electrons. The van der Waals surface area contributed by atoms with Crippen molar-refractivity contribution in [2.24, 2.45) is 4.36 Å². The van der Waals surface area contributed by atoms with E-state index < -0.39 is 6.03 Å². The van der Waals surface area contributed by atoms with Crippen LogP contribution in [-0.4, -0.2) is 10.2 Å². The zero-order valence-electron chi connectivity index (χ0n) is 10.3. The predicted octanol–water partition coefficient (Wildman–Crippen LogP) is 2.73. The van der Waals surface area contributed by atoms with Crippen LogP contribution in [0.15, 0.2) is 4.36 Å². The van der Waals surface area contributed by atoms with Crippen LogP contribution < -0.4 is 5.32 Å². The number of carbonyl (C=O) groups excluding carboxylic acids is 1. The van der Waals surface area contributed by atoms with E-state index in [1.807, 2.05) is 0 Å². The zero-order valence-corrected chi connectivity index (χ0v) is 11.1. The van der Waals surface area contributed by atoms with Crippen LogP contribution in [0.5, 0.6) is 0 Å². The number of hydrogen-bond acceptors (Lipinski definition) is 2. The highest BCUT2D eigenvalue weighted by molar-refractivity contribution is 7.55. The van der Waals surface area contributed by atoms with Gasteiger partial charge in [-0.25, -0.2) is 9.18 Å². The maximum Gasteiger partial charge on any atom is 0.358 e. The van der Waals surface area contributed by atoms with Crippen molar-refractivity contribution >= 4 is 23.2 Å². The summed E-state index contributed by atoms with van der Waals surface area (Å²) in [6.07, 6.45) is 4.83. The SMILES string of the molecule is O=S=NC(=O)Nc1c2c(c(F)c3c1CCC3)CCC2. The summed E-state index contributed by atoms with van der Waals surface area (Å²) in [5.74, 6) is -0.0758. The van der Waals surface area contributed by atoms with E-state index in [2.05, 4.69) is 9.68 Å². The van der Waals surface area contributed by atoms with Gasteiger partial charge in [0.05, 0.1) is 0 Å². The summed E-state index contributed by atoms with van der Waals surface area (Å²) in [5, 5.41) is 2.68. The molecule has 0 heterocycles. The van der Waals surface area contributed by atoms with Crippen LogP contribution in [0.3, 0.4) is 0 Å². The summed E-state index contributed by atoms with van der Waals surface area (Å²) >= 11 is -0.112. The number of hydrogen-bond donors (Lipinski definition) is 1. The Balaban J connectivity index is 2.13. The molecule has 4 nitrogen and oxygen atoms in total. The number of benzene rings is 1. The predicted molar refractivity (Wildman–Crippen MR) is 70.0 cm³/mol. The van der Waals surface area contributed by atoms with Gasteiger partial charge in [-0.05, 0) is 60.8 Å². The van der Waals surface area contributed by atoms with Crippen LogP contribution in [-0.2, 0) is 37.1 Å². The third kappa shape index (κ3) is 2.00. The van der Waals surface area contributed by atoms with Crippen molar-refractivity contribution < 1.29 is 13.4 Å². The van der Waals surface area contributed by atoms with Crippen LogP contribution in [0, 0.1) is 5.82 Å². The third-order valence-electron chi connectivity index (χ3n) is 3.92. The Morgan fingerprint density at radius 1 is 1.05 bits per heavy atom. The van der Waals surface area contributed by atoms with Crippen molar-refractivity contribution in [2.45, 2.75) is 38.5 Å². The molecule has 1 aromatic carbocycles. The van der Waals surface area contributed by atoms with Gasteiger partial charge in [-0.1, -0.05) is 4.36 Å². The largest absolute Gasteiger partial charge is 0.358 e. The van der Waals surface area contributed by atoms with E-state index in [-0.39, 0.29) is 17.3 Å². The fourth-order valence-electron chi connectivity index (χ4n) is 3.20. The number of rotatable bonds is 1. The molecule has 1 N–H and O–H groups in total. The van der Waals surface area contributed by atoms with E-state index in [1.54, 1.807) is 0 Å². The van der Waals surface area contributed by atoms with Gasteiger partial charge < -0.3 is 5.32 Å². The van der Waals surface area contributed by atoms with Crippen molar-refractivity contribution in [1.82, 2.24) is 0 Å². The average molecular weight is 280 g/mol. The Morgan fingerprint density at radius 2 is 1.58 bits per heavy atom. The second kappa shape index (κ2) is 4.85. The van der Waals surface area contributed by atoms with Crippen LogP contribution in [0.2, 0.25) is 0 Å². The van der Waals surface area contributed by atoms with Gasteiger partial charge in [0, 0.05) is 5.69 Å². The maximum atomic E-state index is 14.4. The first-order chi connectivity index (χ1) is 9.22. The summed E-state index contributed by atoms with van der Waals surface area (Å²) in [4.78, 5) is 11.5. The molecule has 3 rings (SSSR count). The van der Waals surface area contributed by atoms with E-state index in [0.717, 1.165) is 60.8 Å². The molecule has 0 aromatic heterocycles. The van der Waals surface area contributed by atoms with Crippen molar-refractivity contribution in [3.63, 3.8) is 0 Å². The summed E-state index contributed by atoms with van der Waals surface area (Å²) in [5.41, 5.74) is 4.00. The first-order valence-electron chi connectivity index (χ1n) is 6.38. The average Bonchev–Trinajstić information content (AvgIpc) is 3.03. The Labute approximate surface area is 113 Å². The van der Waals surface area contributed by atoms with Gasteiger partial charge in [0.15, 0.2) is 0 Å². The lowest BCUT2D eigenvalue weighted by Gasteiger charge is -2.15. The molecule has 1 aromatic rings. The van der Waals surface area contributed by atoms with E-state index in [9.17, 15) is 13.4 Å². The second-order valence-corrected chi connectivity index (χ2v) is 5.24. The van der Waals surface area contributed by atoms with Crippen molar-refractivity contribution in [3.05, 3.63) is 28.1 Å². The Hall–Kier alpha value is -1.56. The van der Waals surface area contributed by atoms with Crippen LogP contribution >= 0.6 is 0 Å². The highest BCUT2D eigenvalue weighted by Gasteiger charge is 2.29. The molecule has 0 spiro atoms. The quantitative estimate of drug-likeness (QED) is 0.860. The van der Waals surface area contributed by atoms with Crippen molar-refractivity contribution in [3.8, 4) is 0 Å². The van der Waals surface area contributed by atoms with E-state index in [1.165, 1.54) is 0 Å². The number of nitrogens with one attached hydrogen (secondary N) is 1. The standard InChI is InChI=1S/C13H13FN2O2S/c14-11-7-3-1-5-9(7)12(15-13(17)16-19-18)10-6-2-4-8(10)11/h1-6H2,(H,15,17). The van der Waals surface area contributed by atoms with Gasteiger partial charge in [-0.2, -0.15) is 4.21 Å². The summed E-state index contributed by atoms with van der Waals surface area (Å²) in [6, 6.07) is -0.658. The zero-order chi connectivity index (χ0) is 13.4. The molecular formula is C13H13FN2O2S. The number of urea groups is 1. The lowest BCUT2D eigenvalue weighted by molar-refractivity contribution is 0.260. The van der Waals surface area contributed by atoms with Gasteiger partial charge in [0.25, 0.3) is 0 Å². The first kappa shape index (κ1) is 12.5. The summed E-state index contributed by atoms with van der Waals surface area (Å²) in [7, 11) is 0. The molecule has 19 heavy (non-hydrogen) atoms. The van der Waals surface area contributed by atoms with Crippen molar-refractivity contribution in [1.29, 1.82) is 0 Å². The van der Waals surface area contributed by atoms with E-state index in [0.29, 0.717) is 5.69 Å². The molecule has 0 atom stereocenters. The minimum absolute atomic E-state index is 0.0758. The second-order valence-electron chi connectivity index (χ2n) is 4.91. The molecular weight excluding hydrogens is 267 g/mol. The van der Waals surface area contributed by atoms with E-state index >= 15 is 0 Å². The lowest BCUT2D eigenvalue weighted by atomic mass is 9.98. The smallest absolute Gasteiger partial charge is 0.305 e. The molecule has 6 heteroatoms. The third-order valence-corrected chi connectivity index (χ3v) is 4.16. The number of amides is 2. The molecule has 0 fully saturated rings. The number of anilines is 1. The van der Waals surface area contributed by atoms with Gasteiger partial charge in [0.1, 0.15) is 5.82 Å². The molecule has 0 saturated carbocycles. The molecule has 0 aliphatic heterocycles. The number of fused-ring (bicyclic) bond motifs is 2. The number of carbonyl (C=O) groups is 1. The molecule has 0 saturated heterocycles. The normalized spacial score (nSPS) is 15.8. The Morgan fingerprint density at radius 3 is 2.11 bits per heavy atom. The monoisotopic (exact) mass is 280 g/mol. The minimum Gasteiger partial charge on any atom is -0.305 e. The van der Waals surface area contributed by atoms with Gasteiger partial charge in [0.2, 0.25) is 11.5 Å². The Bertz CT molecular complexity index is 589. The van der Waals surface area contributed by atoms with Gasteiger partial charge in [-0.15, -0.1) is 0 Å². The highest BCUT2D eigenvalue weighted by atomic mass is 32.1. The fraction of sp³-hybridized carbons (Fsp3) is 0.462. The molecule has 2 aliphatic rings. The first-order valence-corrected chi connectivity index (χ1v) is 7.08. The topological polar surface area (TPSA) is 58.5 Å². The van der Waals surface area contributed by atoms with Crippen LogP contribution in [0.4, 0.5) is 14.9 Å². The van der Waals surface area contributed by atoms with Crippen molar-refractivity contribution in [2.75, 3.05) is 5.32 Å². The molecule has 2 amide bonds. The van der Waals surface area contributed by atoms with Gasteiger partial charge >= 0.3 is 6.03 Å². The Kier molecular flexibility index (Phi) is 3.18. The lowest BCUT2D eigenvalue weighted by Crippen LogP contribution is -2.12. The van der Waals surface area contributed by atoms with Crippen LogP contribution in [0.25, 0.3) is 0 Å². The molecule has 0 radical (unpaired) electrons. The molecule has 0 unspecified atom stereocenters. The molecule has 2 aliphatic carbocycles. The van der Waals surface area contributed by atoms with Crippen LogP contribution in [0.1, 0.15) is 35.1 Å². The highest BCUT2D eigenvalue weighted by Crippen LogP contribution is 2.40. The minimum atomic E-state index is -0.658. The number of nitrogens with zero attached hydrogens (tertiary/aromatic N) is 1. The molecule has 0 bridgehead atoms. The summed E-state index contributed by atoms with van der Waals surface area (Å²) in [6.45, 7) is 0. The summed E-state index contributed by atoms with van der Waals surface area (Å²) < 4.78 is 27.8. The number of halogens is 1. The maximum absolute atomic E-state index is 14.4. The van der Waals surface area contributed by atoms with E-state index in [4.69, 9.17) is 0 Å². The fourth-order valence-corrected chi connectivity index (χ4v) is 3.32. The van der Waals surface area contributed by atoms with Gasteiger partial charge in [-0.3, -0.25) is 0 Å².